The van der Waals surface area contributed by atoms with Crippen LogP contribution in [-0.4, -0.2) is 19.2 Å². The molecule has 0 spiro atoms. The van der Waals surface area contributed by atoms with Crippen LogP contribution in [0.5, 0.6) is 5.75 Å². The van der Waals surface area contributed by atoms with Crippen molar-refractivity contribution in [2.75, 3.05) is 0 Å². The number of benzene rings is 3. The Morgan fingerprint density at radius 1 is 0.879 bits per heavy atom. The van der Waals surface area contributed by atoms with Crippen molar-refractivity contribution in [1.29, 1.82) is 0 Å². The fourth-order valence-corrected chi connectivity index (χ4v) is 4.59. The predicted octanol–water partition coefficient (Wildman–Crippen LogP) is 5.06. The summed E-state index contributed by atoms with van der Waals surface area (Å²) < 4.78 is 57.3. The van der Waals surface area contributed by atoms with Crippen LogP contribution >= 0.6 is 0 Å². The van der Waals surface area contributed by atoms with Crippen molar-refractivity contribution in [3.63, 3.8) is 0 Å². The molecule has 172 valence electrons. The lowest BCUT2D eigenvalue weighted by atomic mass is 9.84. The van der Waals surface area contributed by atoms with E-state index in [2.05, 4.69) is 0 Å². The van der Waals surface area contributed by atoms with Gasteiger partial charge in [0.05, 0.1) is 0 Å². The van der Waals surface area contributed by atoms with E-state index in [0.717, 1.165) is 49.1 Å². The van der Waals surface area contributed by atoms with Gasteiger partial charge >= 0.3 is 10.1 Å². The lowest BCUT2D eigenvalue weighted by Gasteiger charge is -2.32. The first-order chi connectivity index (χ1) is 15.8. The number of hydrogen-bond donors (Lipinski definition) is 0. The maximum atomic E-state index is 13.3. The third kappa shape index (κ3) is 5.57. The van der Waals surface area contributed by atoms with Crippen LogP contribution in [0.3, 0.4) is 0 Å². The molecule has 0 aromatic heterocycles. The van der Waals surface area contributed by atoms with E-state index in [1.165, 1.54) is 18.2 Å². The molecule has 1 aliphatic carbocycles. The van der Waals surface area contributed by atoms with E-state index in [1.54, 1.807) is 35.2 Å². The predicted molar refractivity (Wildman–Crippen MR) is 119 cm³/mol. The normalized spacial score (nSPS) is 13.9. The van der Waals surface area contributed by atoms with E-state index in [-0.39, 0.29) is 41.4 Å². The van der Waals surface area contributed by atoms with Gasteiger partial charge in [0.2, 0.25) is 5.91 Å². The fourth-order valence-electron chi connectivity index (χ4n) is 3.62. The number of carbonyl (C=O) groups is 1. The quantitative estimate of drug-likeness (QED) is 0.431. The third-order valence-corrected chi connectivity index (χ3v) is 6.94. The minimum Gasteiger partial charge on any atom is -0.379 e. The molecule has 0 radical (unpaired) electrons. The van der Waals surface area contributed by atoms with Crippen LogP contribution in [-0.2, 0) is 28.0 Å². The molecule has 3 aromatic rings. The summed E-state index contributed by atoms with van der Waals surface area (Å²) in [6, 6.07) is 16.9. The molecule has 8 heteroatoms. The Morgan fingerprint density at radius 2 is 1.48 bits per heavy atom. The third-order valence-electron chi connectivity index (χ3n) is 5.69. The van der Waals surface area contributed by atoms with Gasteiger partial charge in [-0.1, -0.05) is 36.8 Å². The fraction of sp³-hybridized carbons (Fsp3) is 0.240. The monoisotopic (exact) mass is 471 g/mol. The van der Waals surface area contributed by atoms with Crippen molar-refractivity contribution >= 4 is 16.0 Å². The highest BCUT2D eigenvalue weighted by Crippen LogP contribution is 2.31. The topological polar surface area (TPSA) is 63.7 Å². The number of hydrogen-bond acceptors (Lipinski definition) is 4. The highest BCUT2D eigenvalue weighted by Gasteiger charge is 2.30. The number of amides is 1. The van der Waals surface area contributed by atoms with Gasteiger partial charge < -0.3 is 9.08 Å². The van der Waals surface area contributed by atoms with Crippen molar-refractivity contribution in [2.24, 2.45) is 5.92 Å². The minimum absolute atomic E-state index is 0.0261. The Kier molecular flexibility index (Phi) is 6.74. The molecule has 1 aliphatic rings. The van der Waals surface area contributed by atoms with E-state index in [9.17, 15) is 22.0 Å². The Morgan fingerprint density at radius 3 is 2.09 bits per heavy atom. The zero-order valence-electron chi connectivity index (χ0n) is 17.8. The summed E-state index contributed by atoms with van der Waals surface area (Å²) in [6.07, 6.45) is 2.63. The number of nitrogens with zero attached hydrogens (tertiary/aromatic N) is 1. The van der Waals surface area contributed by atoms with Gasteiger partial charge in [-0.3, -0.25) is 4.79 Å². The molecule has 0 unspecified atom stereocenters. The lowest BCUT2D eigenvalue weighted by Crippen LogP contribution is -2.38. The zero-order chi connectivity index (χ0) is 23.4. The second-order valence-corrected chi connectivity index (χ2v) is 9.59. The molecule has 0 heterocycles. The summed E-state index contributed by atoms with van der Waals surface area (Å²) in [5, 5.41) is 0. The second-order valence-electron chi connectivity index (χ2n) is 8.05. The first-order valence-corrected chi connectivity index (χ1v) is 12.0. The van der Waals surface area contributed by atoms with Crippen LogP contribution in [0.4, 0.5) is 8.78 Å². The average Bonchev–Trinajstić information content (AvgIpc) is 2.75. The Bertz CT molecular complexity index is 1220. The van der Waals surface area contributed by atoms with E-state index in [0.29, 0.717) is 5.56 Å². The molecule has 0 N–H and O–H groups in total. The molecule has 1 saturated carbocycles. The van der Waals surface area contributed by atoms with Gasteiger partial charge in [0.1, 0.15) is 22.3 Å². The zero-order valence-corrected chi connectivity index (χ0v) is 18.6. The lowest BCUT2D eigenvalue weighted by molar-refractivity contribution is -0.139. The molecule has 1 fully saturated rings. The van der Waals surface area contributed by atoms with Gasteiger partial charge in [0.15, 0.2) is 0 Å². The summed E-state index contributed by atoms with van der Waals surface area (Å²) >= 11 is 0. The summed E-state index contributed by atoms with van der Waals surface area (Å²) in [7, 11) is -4.19. The SMILES string of the molecule is O=C(C1CCC1)N(Cc1ccc(F)cc1)Cc1ccccc1OS(=O)(=O)c1ccc(F)cc1. The van der Waals surface area contributed by atoms with Crippen LogP contribution in [0.2, 0.25) is 0 Å². The maximum absolute atomic E-state index is 13.3. The molecule has 5 nitrogen and oxygen atoms in total. The van der Waals surface area contributed by atoms with Gasteiger partial charge in [0, 0.05) is 24.6 Å². The largest absolute Gasteiger partial charge is 0.379 e. The second kappa shape index (κ2) is 9.70. The Labute approximate surface area is 191 Å². The van der Waals surface area contributed by atoms with Crippen molar-refractivity contribution in [3.05, 3.63) is 95.6 Å². The van der Waals surface area contributed by atoms with E-state index >= 15 is 0 Å². The van der Waals surface area contributed by atoms with Gasteiger partial charge in [-0.2, -0.15) is 8.42 Å². The number of carbonyl (C=O) groups excluding carboxylic acids is 1. The van der Waals surface area contributed by atoms with Crippen molar-refractivity contribution in [3.8, 4) is 5.75 Å². The molecule has 0 atom stereocenters. The van der Waals surface area contributed by atoms with Gasteiger partial charge in [-0.15, -0.1) is 0 Å². The first kappa shape index (κ1) is 22.9. The summed E-state index contributed by atoms with van der Waals surface area (Å²) in [5.74, 6) is -0.920. The first-order valence-electron chi connectivity index (χ1n) is 10.6. The average molecular weight is 472 g/mol. The van der Waals surface area contributed by atoms with E-state index in [1.807, 2.05) is 0 Å². The molecule has 1 amide bonds. The van der Waals surface area contributed by atoms with E-state index < -0.39 is 15.9 Å². The summed E-state index contributed by atoms with van der Waals surface area (Å²) in [5.41, 5.74) is 1.28. The summed E-state index contributed by atoms with van der Waals surface area (Å²) in [4.78, 5) is 14.6. The van der Waals surface area contributed by atoms with E-state index in [4.69, 9.17) is 4.18 Å². The minimum atomic E-state index is -4.19. The Hall–Kier alpha value is -3.26. The molecule has 0 saturated heterocycles. The van der Waals surface area contributed by atoms with Crippen molar-refractivity contribution in [1.82, 2.24) is 4.90 Å². The molecule has 0 aliphatic heterocycles. The number of para-hydroxylation sites is 1. The molecule has 0 bridgehead atoms. The molecule has 33 heavy (non-hydrogen) atoms. The van der Waals surface area contributed by atoms with Crippen LogP contribution in [0.25, 0.3) is 0 Å². The molecular formula is C25H23F2NO4S. The summed E-state index contributed by atoms with van der Waals surface area (Å²) in [6.45, 7) is 0.385. The van der Waals surface area contributed by atoms with Gasteiger partial charge in [0.25, 0.3) is 0 Å². The Balaban J connectivity index is 1.59. The number of rotatable bonds is 8. The van der Waals surface area contributed by atoms with Crippen LogP contribution in [0, 0.1) is 17.6 Å². The van der Waals surface area contributed by atoms with Gasteiger partial charge in [-0.05, 0) is 60.9 Å². The van der Waals surface area contributed by atoms with Crippen LogP contribution in [0.1, 0.15) is 30.4 Å². The molecule has 4 rings (SSSR count). The number of halogens is 2. The van der Waals surface area contributed by atoms with Crippen LogP contribution < -0.4 is 4.18 Å². The van der Waals surface area contributed by atoms with Crippen molar-refractivity contribution < 1.29 is 26.2 Å². The van der Waals surface area contributed by atoms with Crippen LogP contribution in [0.15, 0.2) is 77.7 Å². The molecule has 3 aromatic carbocycles. The molecular weight excluding hydrogens is 448 g/mol. The standard InChI is InChI=1S/C25H23F2NO4S/c26-21-10-8-18(9-11-21)16-28(25(29)19-5-3-6-19)17-20-4-1-2-7-24(20)32-33(30,31)23-14-12-22(27)13-15-23/h1-2,4,7-15,19H,3,5-6,16-17H2. The highest BCUT2D eigenvalue weighted by atomic mass is 32.2. The smallest absolute Gasteiger partial charge is 0.339 e. The maximum Gasteiger partial charge on any atom is 0.339 e. The van der Waals surface area contributed by atoms with Gasteiger partial charge in [-0.25, -0.2) is 8.78 Å². The van der Waals surface area contributed by atoms with Crippen molar-refractivity contribution in [2.45, 2.75) is 37.2 Å². The highest BCUT2D eigenvalue weighted by molar-refractivity contribution is 7.87.